The maximum Gasteiger partial charge on any atom is 0.410 e. The number of halogens is 2. The third-order valence-electron chi connectivity index (χ3n) is 10.3. The molecule has 3 aliphatic carbocycles. The van der Waals surface area contributed by atoms with Gasteiger partial charge in [0.1, 0.15) is 0 Å². The second-order valence-corrected chi connectivity index (χ2v) is 13.4. The van der Waals surface area contributed by atoms with Gasteiger partial charge in [0, 0.05) is 23.1 Å². The molecule has 2 N–H and O–H groups in total. The Balaban J connectivity index is 1.60. The standard InChI is InChI=1S/C39H45F2NO5/c1-4-47-37(45)42(24-27-10-6-5-7-11-27)25-39(46)20-18-33-31-16-13-28(21-30(43)15-12-26(2)9-8-19-38(33,39)3)22-32(31)36(44)29-14-17-34(40)35(41)23-29/h5-7,9-11,13-14,16-17,22-23,30,33,43,46H,4,8,12,15,18-21,24-25H2,1-3H3. The average molecular weight is 646 g/mol. The van der Waals surface area contributed by atoms with E-state index in [0.29, 0.717) is 56.1 Å². The summed E-state index contributed by atoms with van der Waals surface area (Å²) in [6.07, 6.45) is 4.76. The summed E-state index contributed by atoms with van der Waals surface area (Å²) in [5, 5.41) is 23.5. The van der Waals surface area contributed by atoms with Gasteiger partial charge in [-0.1, -0.05) is 61.0 Å². The van der Waals surface area contributed by atoms with Gasteiger partial charge in [-0.2, -0.15) is 0 Å². The van der Waals surface area contributed by atoms with Gasteiger partial charge in [-0.05, 0) is 106 Å². The number of aliphatic hydroxyl groups is 2. The number of rotatable bonds is 7. The molecular formula is C39H45F2NO5. The molecule has 47 heavy (non-hydrogen) atoms. The van der Waals surface area contributed by atoms with Crippen molar-refractivity contribution in [2.24, 2.45) is 5.41 Å². The summed E-state index contributed by atoms with van der Waals surface area (Å²) in [6.45, 7) is 6.33. The van der Waals surface area contributed by atoms with Crippen molar-refractivity contribution in [1.82, 2.24) is 4.90 Å². The molecule has 4 atom stereocenters. The summed E-state index contributed by atoms with van der Waals surface area (Å²) in [4.78, 5) is 28.9. The highest BCUT2D eigenvalue weighted by Gasteiger charge is 2.57. The van der Waals surface area contributed by atoms with Crippen molar-refractivity contribution in [2.75, 3.05) is 13.2 Å². The molecule has 0 radical (unpaired) electrons. The lowest BCUT2D eigenvalue weighted by atomic mass is 9.64. The van der Waals surface area contributed by atoms with Crippen molar-refractivity contribution in [1.29, 1.82) is 0 Å². The third kappa shape index (κ3) is 7.49. The number of carbonyl (C=O) groups excluding carboxylic acids is 2. The zero-order valence-electron chi connectivity index (χ0n) is 27.5. The van der Waals surface area contributed by atoms with Crippen LogP contribution >= 0.6 is 0 Å². The first kappa shape index (κ1) is 34.5. The lowest BCUT2D eigenvalue weighted by Crippen LogP contribution is -2.53. The van der Waals surface area contributed by atoms with Crippen molar-refractivity contribution >= 4 is 11.9 Å². The number of hydrogen-bond donors (Lipinski definition) is 2. The van der Waals surface area contributed by atoms with Crippen LogP contribution < -0.4 is 0 Å². The van der Waals surface area contributed by atoms with Gasteiger partial charge in [-0.3, -0.25) is 4.79 Å². The fraction of sp³-hybridized carbons (Fsp3) is 0.436. The van der Waals surface area contributed by atoms with Crippen molar-refractivity contribution in [2.45, 2.75) is 89.9 Å². The van der Waals surface area contributed by atoms with E-state index < -0.39 is 40.6 Å². The van der Waals surface area contributed by atoms with E-state index in [1.807, 2.05) is 56.3 Å². The Labute approximate surface area is 276 Å². The van der Waals surface area contributed by atoms with E-state index >= 15 is 0 Å². The number of fused-ring (bicyclic) bond motifs is 8. The molecule has 1 saturated carbocycles. The molecule has 1 amide bonds. The van der Waals surface area contributed by atoms with Gasteiger partial charge in [0.05, 0.1) is 24.9 Å². The predicted molar refractivity (Wildman–Crippen MR) is 177 cm³/mol. The van der Waals surface area contributed by atoms with Crippen LogP contribution in [0.25, 0.3) is 0 Å². The SMILES string of the molecule is CCOC(=O)N(Cc1ccccc1)CC1(O)CCC2c3ccc(cc3C(=O)c3ccc(F)c(F)c3)CC(O)CCC(C)=CCCC21C. The van der Waals surface area contributed by atoms with Gasteiger partial charge in [-0.25, -0.2) is 13.6 Å². The highest BCUT2D eigenvalue weighted by Crippen LogP contribution is 2.59. The molecular weight excluding hydrogens is 600 g/mol. The first-order valence-electron chi connectivity index (χ1n) is 16.6. The molecule has 6 rings (SSSR count). The van der Waals surface area contributed by atoms with Crippen LogP contribution in [0.1, 0.15) is 97.8 Å². The first-order valence-corrected chi connectivity index (χ1v) is 16.6. The molecule has 0 spiro atoms. The lowest BCUT2D eigenvalue weighted by Gasteiger charge is -2.46. The smallest absolute Gasteiger partial charge is 0.410 e. The molecule has 4 unspecified atom stereocenters. The zero-order chi connectivity index (χ0) is 33.8. The molecule has 3 aromatic rings. The highest BCUT2D eigenvalue weighted by molar-refractivity contribution is 6.10. The molecule has 6 nitrogen and oxygen atoms in total. The number of hydrogen-bond acceptors (Lipinski definition) is 5. The maximum absolute atomic E-state index is 14.3. The summed E-state index contributed by atoms with van der Waals surface area (Å²) in [7, 11) is 0. The Morgan fingerprint density at radius 3 is 2.49 bits per heavy atom. The largest absolute Gasteiger partial charge is 0.450 e. The molecule has 8 heteroatoms. The first-order chi connectivity index (χ1) is 22.4. The topological polar surface area (TPSA) is 87.1 Å². The number of carbonyl (C=O) groups is 2. The quantitative estimate of drug-likeness (QED) is 0.202. The lowest BCUT2D eigenvalue weighted by molar-refractivity contribution is -0.0821. The average Bonchev–Trinajstić information content (AvgIpc) is 3.30. The van der Waals surface area contributed by atoms with Crippen LogP contribution in [0.2, 0.25) is 0 Å². The van der Waals surface area contributed by atoms with Crippen molar-refractivity contribution < 1.29 is 33.3 Å². The number of aliphatic hydroxyl groups excluding tert-OH is 1. The van der Waals surface area contributed by atoms with Gasteiger partial charge >= 0.3 is 6.09 Å². The van der Waals surface area contributed by atoms with Gasteiger partial charge in [0.15, 0.2) is 17.4 Å². The minimum absolute atomic E-state index is 0.0221. The number of nitrogens with zero attached hydrogens (tertiary/aromatic N) is 1. The fourth-order valence-electron chi connectivity index (χ4n) is 7.51. The monoisotopic (exact) mass is 645 g/mol. The van der Waals surface area contributed by atoms with Crippen LogP contribution in [0.4, 0.5) is 13.6 Å². The molecule has 0 heterocycles. The van der Waals surface area contributed by atoms with Crippen molar-refractivity contribution in [3.8, 4) is 0 Å². The third-order valence-corrected chi connectivity index (χ3v) is 10.3. The van der Waals surface area contributed by atoms with E-state index in [4.69, 9.17) is 4.74 Å². The molecule has 250 valence electrons. The predicted octanol–water partition coefficient (Wildman–Crippen LogP) is 7.89. The number of amides is 1. The fourth-order valence-corrected chi connectivity index (χ4v) is 7.51. The van der Waals surface area contributed by atoms with E-state index in [1.165, 1.54) is 6.07 Å². The van der Waals surface area contributed by atoms with Crippen LogP contribution in [0.5, 0.6) is 0 Å². The van der Waals surface area contributed by atoms with Crippen molar-refractivity contribution in [3.05, 3.63) is 118 Å². The Morgan fingerprint density at radius 1 is 1.00 bits per heavy atom. The summed E-state index contributed by atoms with van der Waals surface area (Å²) in [6, 6.07) is 18.3. The Kier molecular flexibility index (Phi) is 10.6. The molecule has 0 saturated heterocycles. The van der Waals surface area contributed by atoms with E-state index in [0.717, 1.165) is 28.8 Å². The summed E-state index contributed by atoms with van der Waals surface area (Å²) in [5.74, 6) is -2.89. The zero-order valence-corrected chi connectivity index (χ0v) is 27.5. The minimum atomic E-state index is -1.34. The van der Waals surface area contributed by atoms with Crippen LogP contribution in [0.15, 0.2) is 78.4 Å². The maximum atomic E-state index is 14.3. The van der Waals surface area contributed by atoms with Gasteiger partial charge in [0.2, 0.25) is 0 Å². The molecule has 0 aromatic heterocycles. The van der Waals surface area contributed by atoms with Crippen LogP contribution in [-0.4, -0.2) is 51.8 Å². The molecule has 3 aliphatic rings. The molecule has 3 aromatic carbocycles. The van der Waals surface area contributed by atoms with Crippen LogP contribution in [-0.2, 0) is 17.7 Å². The van der Waals surface area contributed by atoms with Crippen molar-refractivity contribution in [3.63, 3.8) is 0 Å². The normalized spacial score (nSPS) is 24.6. The van der Waals surface area contributed by atoms with E-state index in [2.05, 4.69) is 6.08 Å². The second-order valence-electron chi connectivity index (χ2n) is 13.4. The van der Waals surface area contributed by atoms with Gasteiger partial charge in [-0.15, -0.1) is 0 Å². The van der Waals surface area contributed by atoms with E-state index in [9.17, 15) is 28.6 Å². The van der Waals surface area contributed by atoms with Gasteiger partial charge < -0.3 is 19.8 Å². The van der Waals surface area contributed by atoms with Crippen LogP contribution in [0.3, 0.4) is 0 Å². The van der Waals surface area contributed by atoms with Gasteiger partial charge in [0.25, 0.3) is 0 Å². The van der Waals surface area contributed by atoms with E-state index in [1.54, 1.807) is 17.9 Å². The minimum Gasteiger partial charge on any atom is -0.450 e. The van der Waals surface area contributed by atoms with Crippen LogP contribution in [0, 0.1) is 17.0 Å². The summed E-state index contributed by atoms with van der Waals surface area (Å²) >= 11 is 0. The highest BCUT2D eigenvalue weighted by atomic mass is 19.2. The molecule has 0 aliphatic heterocycles. The summed E-state index contributed by atoms with van der Waals surface area (Å²) < 4.78 is 33.6. The Morgan fingerprint density at radius 2 is 1.77 bits per heavy atom. The second kappa shape index (κ2) is 14.5. The number of ketones is 1. The number of ether oxygens (including phenoxy) is 1. The Hall–Kier alpha value is -3.88. The molecule has 1 fully saturated rings. The Bertz CT molecular complexity index is 1620. The summed E-state index contributed by atoms with van der Waals surface area (Å²) in [5.41, 5.74) is 1.77. The number of allylic oxidation sites excluding steroid dienone is 2. The number of benzene rings is 3. The molecule has 2 bridgehead atoms. The van der Waals surface area contributed by atoms with E-state index in [-0.39, 0.29) is 31.2 Å².